The summed E-state index contributed by atoms with van der Waals surface area (Å²) in [5.41, 5.74) is -0.220. The van der Waals surface area contributed by atoms with Gasteiger partial charge < -0.3 is 10.4 Å². The van der Waals surface area contributed by atoms with Gasteiger partial charge >= 0.3 is 0 Å². The lowest BCUT2D eigenvalue weighted by Gasteiger charge is -2.31. The fourth-order valence-electron chi connectivity index (χ4n) is 2.05. The highest BCUT2D eigenvalue weighted by Crippen LogP contribution is 2.33. The van der Waals surface area contributed by atoms with Crippen LogP contribution in [0, 0.1) is 0 Å². The number of rotatable bonds is 7. The minimum atomic E-state index is -0.220. The number of halogens is 1. The van der Waals surface area contributed by atoms with Crippen LogP contribution in [0.5, 0.6) is 0 Å². The van der Waals surface area contributed by atoms with Gasteiger partial charge in [-0.1, -0.05) is 37.6 Å². The van der Waals surface area contributed by atoms with Crippen molar-refractivity contribution in [2.45, 2.75) is 42.9 Å². The highest BCUT2D eigenvalue weighted by molar-refractivity contribution is 8.00. The van der Waals surface area contributed by atoms with Crippen LogP contribution >= 0.6 is 23.4 Å². The largest absolute Gasteiger partial charge is 0.394 e. The number of hydrogen-bond donors (Lipinski definition) is 2. The average molecular weight is 288 g/mol. The second-order valence-corrected chi connectivity index (χ2v) is 6.70. The second-order valence-electron chi connectivity index (χ2n) is 4.81. The minimum absolute atomic E-state index is 0.147. The summed E-state index contributed by atoms with van der Waals surface area (Å²) in [6.07, 6.45) is 0.896. The van der Waals surface area contributed by atoms with Gasteiger partial charge in [-0.15, -0.1) is 11.8 Å². The number of nitrogens with one attached hydrogen (secondary N) is 1. The Hall–Kier alpha value is -0.220. The maximum absolute atomic E-state index is 9.49. The third-order valence-corrected chi connectivity index (χ3v) is 4.48. The van der Waals surface area contributed by atoms with E-state index in [-0.39, 0.29) is 12.1 Å². The smallest absolute Gasteiger partial charge is 0.0611 e. The molecule has 0 spiro atoms. The van der Waals surface area contributed by atoms with Crippen molar-refractivity contribution >= 4 is 23.4 Å². The summed E-state index contributed by atoms with van der Waals surface area (Å²) in [4.78, 5) is 1.10. The van der Waals surface area contributed by atoms with Crippen molar-refractivity contribution < 1.29 is 5.11 Å². The molecule has 1 aromatic carbocycles. The molecule has 2 N–H and O–H groups in total. The van der Waals surface area contributed by atoms with Gasteiger partial charge in [-0.05, 0) is 32.0 Å². The molecule has 4 heteroatoms. The summed E-state index contributed by atoms with van der Waals surface area (Å²) in [5.74, 6) is 0. The lowest BCUT2D eigenvalue weighted by molar-refractivity contribution is 0.168. The third-order valence-electron chi connectivity index (χ3n) is 2.86. The standard InChI is InChI=1S/C14H22ClNOS/c1-4-16-14(3,10-17)9-11(2)18-13-8-6-5-7-12(13)15/h5-8,11,16-17H,4,9-10H2,1-3H3. The number of aliphatic hydroxyl groups excluding tert-OH is 1. The molecule has 1 aromatic rings. The summed E-state index contributed by atoms with van der Waals surface area (Å²) >= 11 is 7.90. The van der Waals surface area contributed by atoms with E-state index in [9.17, 15) is 5.11 Å². The van der Waals surface area contributed by atoms with E-state index in [1.807, 2.05) is 24.3 Å². The van der Waals surface area contributed by atoms with Crippen LogP contribution in [0.2, 0.25) is 5.02 Å². The number of thioether (sulfide) groups is 1. The lowest BCUT2D eigenvalue weighted by atomic mass is 9.97. The van der Waals surface area contributed by atoms with Crippen LogP contribution in [0.1, 0.15) is 27.2 Å². The normalized spacial score (nSPS) is 16.3. The Morgan fingerprint density at radius 1 is 1.44 bits per heavy atom. The Labute approximate surface area is 119 Å². The molecule has 1 rings (SSSR count). The van der Waals surface area contributed by atoms with Crippen LogP contribution in [0.25, 0.3) is 0 Å². The number of hydrogen-bond acceptors (Lipinski definition) is 3. The van der Waals surface area contributed by atoms with Crippen molar-refractivity contribution in [3.05, 3.63) is 29.3 Å². The molecule has 2 atom stereocenters. The van der Waals surface area contributed by atoms with Crippen LogP contribution in [-0.4, -0.2) is 29.0 Å². The molecule has 2 unspecified atom stereocenters. The molecule has 0 aromatic heterocycles. The molecule has 0 heterocycles. The van der Waals surface area contributed by atoms with E-state index in [0.29, 0.717) is 5.25 Å². The first-order chi connectivity index (χ1) is 8.50. The van der Waals surface area contributed by atoms with E-state index in [2.05, 4.69) is 26.1 Å². The Bertz CT molecular complexity index is 375. The first-order valence-corrected chi connectivity index (χ1v) is 7.53. The van der Waals surface area contributed by atoms with E-state index in [0.717, 1.165) is 22.9 Å². The van der Waals surface area contributed by atoms with Gasteiger partial charge in [0.2, 0.25) is 0 Å². The van der Waals surface area contributed by atoms with Crippen molar-refractivity contribution in [2.24, 2.45) is 0 Å². The average Bonchev–Trinajstić information content (AvgIpc) is 2.32. The summed E-state index contributed by atoms with van der Waals surface area (Å²) < 4.78 is 0. The van der Waals surface area contributed by atoms with Crippen molar-refractivity contribution in [3.63, 3.8) is 0 Å². The zero-order valence-corrected chi connectivity index (χ0v) is 12.8. The van der Waals surface area contributed by atoms with E-state index >= 15 is 0 Å². The molecule has 2 nitrogen and oxygen atoms in total. The second kappa shape index (κ2) is 7.39. The quantitative estimate of drug-likeness (QED) is 0.752. The third kappa shape index (κ3) is 4.81. The highest BCUT2D eigenvalue weighted by atomic mass is 35.5. The van der Waals surface area contributed by atoms with Crippen molar-refractivity contribution in [1.29, 1.82) is 0 Å². The topological polar surface area (TPSA) is 32.3 Å². The summed E-state index contributed by atoms with van der Waals surface area (Å²) in [5, 5.41) is 14.0. The van der Waals surface area contributed by atoms with Gasteiger partial charge in [-0.2, -0.15) is 0 Å². The number of likely N-dealkylation sites (N-methyl/N-ethyl adjacent to an activating group) is 1. The Morgan fingerprint density at radius 2 is 2.11 bits per heavy atom. The van der Waals surface area contributed by atoms with Gasteiger partial charge in [0.15, 0.2) is 0 Å². The monoisotopic (exact) mass is 287 g/mol. The van der Waals surface area contributed by atoms with Gasteiger partial charge in [0.25, 0.3) is 0 Å². The molecule has 0 radical (unpaired) electrons. The van der Waals surface area contributed by atoms with Gasteiger partial charge in [0.1, 0.15) is 0 Å². The van der Waals surface area contributed by atoms with E-state index < -0.39 is 0 Å². The Morgan fingerprint density at radius 3 is 2.67 bits per heavy atom. The van der Waals surface area contributed by atoms with Crippen LogP contribution < -0.4 is 5.32 Å². The lowest BCUT2D eigenvalue weighted by Crippen LogP contribution is -2.47. The Kier molecular flexibility index (Phi) is 6.50. The number of aliphatic hydroxyl groups is 1. The fourth-order valence-corrected chi connectivity index (χ4v) is 3.54. The Balaban J connectivity index is 2.61. The van der Waals surface area contributed by atoms with Crippen LogP contribution in [0.4, 0.5) is 0 Å². The first-order valence-electron chi connectivity index (χ1n) is 6.28. The molecule has 18 heavy (non-hydrogen) atoms. The van der Waals surface area contributed by atoms with Crippen LogP contribution in [-0.2, 0) is 0 Å². The summed E-state index contributed by atoms with van der Waals surface area (Å²) in [6.45, 7) is 7.29. The predicted molar refractivity (Wildman–Crippen MR) is 80.6 cm³/mol. The maximum Gasteiger partial charge on any atom is 0.0611 e. The molecular formula is C14H22ClNOS. The maximum atomic E-state index is 9.49. The van der Waals surface area contributed by atoms with Crippen molar-refractivity contribution in [2.75, 3.05) is 13.2 Å². The minimum Gasteiger partial charge on any atom is -0.394 e. The first kappa shape index (κ1) is 15.8. The molecule has 0 aliphatic heterocycles. The van der Waals surface area contributed by atoms with E-state index in [4.69, 9.17) is 11.6 Å². The molecule has 0 amide bonds. The van der Waals surface area contributed by atoms with E-state index in [1.54, 1.807) is 11.8 Å². The fraction of sp³-hybridized carbons (Fsp3) is 0.571. The van der Waals surface area contributed by atoms with E-state index in [1.165, 1.54) is 0 Å². The summed E-state index contributed by atoms with van der Waals surface area (Å²) in [7, 11) is 0. The molecule has 0 bridgehead atoms. The molecular weight excluding hydrogens is 266 g/mol. The predicted octanol–water partition coefficient (Wildman–Crippen LogP) is 3.57. The van der Waals surface area contributed by atoms with Crippen LogP contribution in [0.3, 0.4) is 0 Å². The molecule has 0 saturated heterocycles. The number of benzene rings is 1. The highest BCUT2D eigenvalue weighted by Gasteiger charge is 2.25. The molecule has 0 fully saturated rings. The zero-order valence-electron chi connectivity index (χ0n) is 11.2. The van der Waals surface area contributed by atoms with Gasteiger partial charge in [-0.25, -0.2) is 0 Å². The van der Waals surface area contributed by atoms with Crippen molar-refractivity contribution in [1.82, 2.24) is 5.32 Å². The molecule has 0 saturated carbocycles. The molecule has 102 valence electrons. The van der Waals surface area contributed by atoms with Crippen LogP contribution in [0.15, 0.2) is 29.2 Å². The molecule has 0 aliphatic carbocycles. The summed E-state index contributed by atoms with van der Waals surface area (Å²) in [6, 6.07) is 7.88. The van der Waals surface area contributed by atoms with Gasteiger partial charge in [0, 0.05) is 15.7 Å². The molecule has 0 aliphatic rings. The van der Waals surface area contributed by atoms with Gasteiger partial charge in [0.05, 0.1) is 11.6 Å². The van der Waals surface area contributed by atoms with Gasteiger partial charge in [-0.3, -0.25) is 0 Å². The zero-order chi connectivity index (χ0) is 13.6. The SMILES string of the molecule is CCNC(C)(CO)CC(C)Sc1ccccc1Cl. The van der Waals surface area contributed by atoms with Crippen molar-refractivity contribution in [3.8, 4) is 0 Å².